The first-order valence-electron chi connectivity index (χ1n) is 4.77. The average Bonchev–Trinajstić information content (AvgIpc) is 2.94. The molecule has 1 rings (SSSR count). The van der Waals surface area contributed by atoms with E-state index in [2.05, 4.69) is 4.72 Å². The van der Waals surface area contributed by atoms with E-state index < -0.39 is 10.0 Å². The molecule has 0 radical (unpaired) electrons. The van der Waals surface area contributed by atoms with Crippen molar-refractivity contribution in [3.8, 4) is 0 Å². The van der Waals surface area contributed by atoms with E-state index in [1.165, 1.54) is 7.11 Å². The average molecular weight is 222 g/mol. The van der Waals surface area contributed by atoms with Crippen LogP contribution in [-0.2, 0) is 14.8 Å². The third kappa shape index (κ3) is 4.36. The lowest BCUT2D eigenvalue weighted by molar-refractivity contribution is 0.217. The second kappa shape index (κ2) is 5.06. The van der Waals surface area contributed by atoms with Gasteiger partial charge in [0, 0.05) is 19.7 Å². The van der Waals surface area contributed by atoms with Crippen LogP contribution in [0.5, 0.6) is 0 Å². The highest BCUT2D eigenvalue weighted by atomic mass is 32.2. The fourth-order valence-electron chi connectivity index (χ4n) is 1.18. The fraction of sp³-hybridized carbons (Fsp3) is 1.00. The Morgan fingerprint density at radius 1 is 1.57 bits per heavy atom. The van der Waals surface area contributed by atoms with Crippen LogP contribution < -0.4 is 10.5 Å². The lowest BCUT2D eigenvalue weighted by Gasteiger charge is -2.11. The number of rotatable bonds is 7. The number of methoxy groups -OCH3 is 1. The molecule has 0 saturated heterocycles. The van der Waals surface area contributed by atoms with Gasteiger partial charge in [-0.15, -0.1) is 0 Å². The van der Waals surface area contributed by atoms with Gasteiger partial charge in [-0.3, -0.25) is 0 Å². The summed E-state index contributed by atoms with van der Waals surface area (Å²) in [4.78, 5) is 0. The first kappa shape index (κ1) is 11.9. The molecule has 0 amide bonds. The number of nitrogens with two attached hydrogens (primary N) is 1. The molecule has 1 atom stereocenters. The molecule has 0 aromatic rings. The molecule has 1 aliphatic rings. The van der Waals surface area contributed by atoms with Crippen LogP contribution in [0.2, 0.25) is 0 Å². The minimum atomic E-state index is -3.20. The summed E-state index contributed by atoms with van der Waals surface area (Å²) in [5.41, 5.74) is 5.76. The topological polar surface area (TPSA) is 81.4 Å². The van der Waals surface area contributed by atoms with E-state index in [4.69, 9.17) is 10.5 Å². The molecule has 1 aliphatic carbocycles. The van der Waals surface area contributed by atoms with E-state index in [1.807, 2.05) is 0 Å². The Labute approximate surface area is 85.1 Å². The van der Waals surface area contributed by atoms with Gasteiger partial charge in [0.2, 0.25) is 10.0 Å². The zero-order valence-corrected chi connectivity index (χ0v) is 9.22. The van der Waals surface area contributed by atoms with Crippen molar-refractivity contribution in [1.29, 1.82) is 0 Å². The highest BCUT2D eigenvalue weighted by Gasteiger charge is 2.28. The summed E-state index contributed by atoms with van der Waals surface area (Å²) in [6.45, 7) is 0.560. The number of hydrogen-bond donors (Lipinski definition) is 2. The highest BCUT2D eigenvalue weighted by Crippen LogP contribution is 2.31. The van der Waals surface area contributed by atoms with Crippen LogP contribution in [0, 0.1) is 5.92 Å². The molecule has 6 heteroatoms. The predicted octanol–water partition coefficient (Wildman–Crippen LogP) is -0.710. The van der Waals surface area contributed by atoms with E-state index in [9.17, 15) is 8.42 Å². The Bertz CT molecular complexity index is 262. The summed E-state index contributed by atoms with van der Waals surface area (Å²) in [7, 11) is -1.72. The minimum Gasteiger partial charge on any atom is -0.384 e. The Balaban J connectivity index is 2.20. The lowest BCUT2D eigenvalue weighted by atomic mass is 10.2. The zero-order valence-electron chi connectivity index (χ0n) is 8.40. The van der Waals surface area contributed by atoms with Crippen molar-refractivity contribution < 1.29 is 13.2 Å². The smallest absolute Gasteiger partial charge is 0.213 e. The van der Waals surface area contributed by atoms with Crippen molar-refractivity contribution in [2.24, 2.45) is 11.7 Å². The van der Waals surface area contributed by atoms with Crippen LogP contribution in [0.1, 0.15) is 12.8 Å². The third-order valence-corrected chi connectivity index (χ3v) is 3.63. The predicted molar refractivity (Wildman–Crippen MR) is 54.4 cm³/mol. The maximum absolute atomic E-state index is 11.3. The van der Waals surface area contributed by atoms with Gasteiger partial charge >= 0.3 is 0 Å². The summed E-state index contributed by atoms with van der Waals surface area (Å²) >= 11 is 0. The van der Waals surface area contributed by atoms with Crippen molar-refractivity contribution in [2.45, 2.75) is 18.9 Å². The van der Waals surface area contributed by atoms with Crippen molar-refractivity contribution in [3.63, 3.8) is 0 Å². The van der Waals surface area contributed by atoms with Crippen molar-refractivity contribution >= 4 is 10.0 Å². The standard InChI is InChI=1S/C8H18N2O3S/c1-13-4-5-14(11,12)10-6-8(9)7-2-3-7/h7-8,10H,2-6,9H2,1H3. The Morgan fingerprint density at radius 2 is 2.21 bits per heavy atom. The summed E-state index contributed by atoms with van der Waals surface area (Å²) in [6.07, 6.45) is 2.25. The van der Waals surface area contributed by atoms with Crippen molar-refractivity contribution in [1.82, 2.24) is 4.72 Å². The Morgan fingerprint density at radius 3 is 2.71 bits per heavy atom. The molecule has 0 bridgehead atoms. The van der Waals surface area contributed by atoms with Gasteiger partial charge in [-0.25, -0.2) is 13.1 Å². The van der Waals surface area contributed by atoms with E-state index >= 15 is 0 Å². The largest absolute Gasteiger partial charge is 0.384 e. The van der Waals surface area contributed by atoms with Crippen LogP contribution in [0.25, 0.3) is 0 Å². The molecule has 1 saturated carbocycles. The van der Waals surface area contributed by atoms with Gasteiger partial charge in [0.15, 0.2) is 0 Å². The Hall–Kier alpha value is -0.170. The summed E-state index contributed by atoms with van der Waals surface area (Å²) in [5, 5.41) is 0. The highest BCUT2D eigenvalue weighted by molar-refractivity contribution is 7.89. The molecule has 5 nitrogen and oxygen atoms in total. The minimum absolute atomic E-state index is 0.000880. The second-order valence-electron chi connectivity index (χ2n) is 3.66. The van der Waals surface area contributed by atoms with Gasteiger partial charge in [-0.05, 0) is 18.8 Å². The zero-order chi connectivity index (χ0) is 10.6. The maximum Gasteiger partial charge on any atom is 0.213 e. The first-order valence-corrected chi connectivity index (χ1v) is 6.42. The quantitative estimate of drug-likeness (QED) is 0.596. The van der Waals surface area contributed by atoms with Gasteiger partial charge in [0.25, 0.3) is 0 Å². The molecule has 0 aromatic carbocycles. The van der Waals surface area contributed by atoms with Gasteiger partial charge in [-0.2, -0.15) is 0 Å². The molecule has 3 N–H and O–H groups in total. The normalized spacial score (nSPS) is 19.6. The van der Waals surface area contributed by atoms with Gasteiger partial charge in [-0.1, -0.05) is 0 Å². The lowest BCUT2D eigenvalue weighted by Crippen LogP contribution is -2.40. The van der Waals surface area contributed by atoms with Crippen LogP contribution in [-0.4, -0.2) is 40.5 Å². The van der Waals surface area contributed by atoms with E-state index in [0.717, 1.165) is 12.8 Å². The van der Waals surface area contributed by atoms with Gasteiger partial charge in [0.05, 0.1) is 12.4 Å². The van der Waals surface area contributed by atoms with Crippen LogP contribution in [0.3, 0.4) is 0 Å². The monoisotopic (exact) mass is 222 g/mol. The molecule has 0 aliphatic heterocycles. The van der Waals surface area contributed by atoms with Crippen molar-refractivity contribution in [3.05, 3.63) is 0 Å². The molecule has 0 spiro atoms. The van der Waals surface area contributed by atoms with Crippen LogP contribution in [0.4, 0.5) is 0 Å². The summed E-state index contributed by atoms with van der Waals surface area (Å²) < 4.78 is 29.8. The second-order valence-corrected chi connectivity index (χ2v) is 5.59. The Kier molecular flexibility index (Phi) is 4.31. The van der Waals surface area contributed by atoms with Gasteiger partial charge < -0.3 is 10.5 Å². The van der Waals surface area contributed by atoms with Gasteiger partial charge in [0.1, 0.15) is 0 Å². The molecular weight excluding hydrogens is 204 g/mol. The van der Waals surface area contributed by atoms with Crippen LogP contribution >= 0.6 is 0 Å². The van der Waals surface area contributed by atoms with Crippen LogP contribution in [0.15, 0.2) is 0 Å². The molecule has 0 aromatic heterocycles. The SMILES string of the molecule is COCCS(=O)(=O)NCC(N)C1CC1. The molecule has 1 unspecified atom stereocenters. The van der Waals surface area contributed by atoms with Crippen molar-refractivity contribution in [2.75, 3.05) is 26.0 Å². The van der Waals surface area contributed by atoms with E-state index in [-0.39, 0.29) is 18.4 Å². The number of nitrogens with one attached hydrogen (secondary N) is 1. The third-order valence-electron chi connectivity index (χ3n) is 2.32. The fourth-order valence-corrected chi connectivity index (χ4v) is 2.16. The number of sulfonamides is 1. The molecule has 84 valence electrons. The maximum atomic E-state index is 11.3. The number of ether oxygens (including phenoxy) is 1. The first-order chi connectivity index (χ1) is 6.55. The molecular formula is C8H18N2O3S. The van der Waals surface area contributed by atoms with E-state index in [0.29, 0.717) is 12.5 Å². The molecule has 0 heterocycles. The summed E-state index contributed by atoms with van der Waals surface area (Å²) in [5.74, 6) is 0.515. The molecule has 14 heavy (non-hydrogen) atoms. The van der Waals surface area contributed by atoms with E-state index in [1.54, 1.807) is 0 Å². The number of hydrogen-bond acceptors (Lipinski definition) is 4. The summed E-state index contributed by atoms with van der Waals surface area (Å²) in [6, 6.07) is -0.0349. The molecule has 1 fully saturated rings.